The molecule has 5 heteroatoms. The summed E-state index contributed by atoms with van der Waals surface area (Å²) in [6.07, 6.45) is -2.31. The number of fused-ring (bicyclic) bond motifs is 1. The van der Waals surface area contributed by atoms with Crippen LogP contribution in [0.15, 0.2) is 18.2 Å². The standard InChI is InChI=1S/C10H10O4.H2O/c11-6-3-1-2-5-9(6)7(12)4-8(13)10(5)14;/h1-3,8,10-11,13-14H,4H2;1H2/t8-,10+;/m0./s1. The predicted octanol–water partition coefficient (Wildman–Crippen LogP) is -0.452. The van der Waals surface area contributed by atoms with Gasteiger partial charge in [-0.1, -0.05) is 12.1 Å². The summed E-state index contributed by atoms with van der Waals surface area (Å²) in [5.41, 5.74) is 0.430. The van der Waals surface area contributed by atoms with Crippen LogP contribution < -0.4 is 0 Å². The molecule has 0 spiro atoms. The van der Waals surface area contributed by atoms with Gasteiger partial charge in [-0.05, 0) is 11.6 Å². The number of carbonyl (C=O) groups excluding carboxylic acids is 1. The van der Waals surface area contributed by atoms with E-state index >= 15 is 0 Å². The van der Waals surface area contributed by atoms with Crippen LogP contribution in [-0.4, -0.2) is 32.7 Å². The minimum atomic E-state index is -1.09. The van der Waals surface area contributed by atoms with E-state index < -0.39 is 12.2 Å². The van der Waals surface area contributed by atoms with Gasteiger partial charge in [-0.25, -0.2) is 0 Å². The Labute approximate surface area is 85.9 Å². The van der Waals surface area contributed by atoms with Crippen LogP contribution in [0.1, 0.15) is 28.4 Å². The second-order valence-electron chi connectivity index (χ2n) is 3.38. The maximum absolute atomic E-state index is 11.4. The third kappa shape index (κ3) is 1.72. The van der Waals surface area contributed by atoms with E-state index in [4.69, 9.17) is 0 Å². The van der Waals surface area contributed by atoms with E-state index in [-0.39, 0.29) is 29.0 Å². The van der Waals surface area contributed by atoms with E-state index in [1.54, 1.807) is 0 Å². The quantitative estimate of drug-likeness (QED) is 0.541. The number of aliphatic hydroxyl groups excluding tert-OH is 2. The average molecular weight is 212 g/mol. The summed E-state index contributed by atoms with van der Waals surface area (Å²) in [6.45, 7) is 0. The van der Waals surface area contributed by atoms with Crippen molar-refractivity contribution in [2.24, 2.45) is 0 Å². The molecule has 0 saturated carbocycles. The number of benzene rings is 1. The molecule has 2 rings (SSSR count). The number of carbonyl (C=O) groups is 1. The van der Waals surface area contributed by atoms with Gasteiger partial charge in [0, 0.05) is 6.42 Å². The summed E-state index contributed by atoms with van der Waals surface area (Å²) in [4.78, 5) is 11.4. The molecule has 0 heterocycles. The van der Waals surface area contributed by atoms with Gasteiger partial charge in [0.2, 0.25) is 0 Å². The van der Waals surface area contributed by atoms with Crippen molar-refractivity contribution < 1.29 is 25.6 Å². The SMILES string of the molecule is O.O=C1C[C@H](O)[C@H](O)c2cccc(O)c21. The normalized spacial score (nSPS) is 24.3. The Morgan fingerprint density at radius 3 is 2.60 bits per heavy atom. The summed E-state index contributed by atoms with van der Waals surface area (Å²) >= 11 is 0. The molecule has 0 aliphatic heterocycles. The highest BCUT2D eigenvalue weighted by Crippen LogP contribution is 2.34. The molecule has 1 aliphatic rings. The van der Waals surface area contributed by atoms with Crippen molar-refractivity contribution in [1.82, 2.24) is 0 Å². The highest BCUT2D eigenvalue weighted by Gasteiger charge is 2.33. The predicted molar refractivity (Wildman–Crippen MR) is 51.6 cm³/mol. The average Bonchev–Trinajstić information content (AvgIpc) is 2.14. The molecule has 15 heavy (non-hydrogen) atoms. The molecule has 2 atom stereocenters. The second kappa shape index (κ2) is 3.98. The van der Waals surface area contributed by atoms with Crippen molar-refractivity contribution in [2.75, 3.05) is 0 Å². The number of ketones is 1. The fourth-order valence-electron chi connectivity index (χ4n) is 1.72. The topological polar surface area (TPSA) is 109 Å². The molecule has 0 amide bonds. The molecule has 0 saturated heterocycles. The first-order valence-electron chi connectivity index (χ1n) is 4.32. The minimum Gasteiger partial charge on any atom is -0.507 e. The number of phenols is 1. The van der Waals surface area contributed by atoms with Gasteiger partial charge in [0.05, 0.1) is 11.7 Å². The van der Waals surface area contributed by atoms with Gasteiger partial charge in [0.1, 0.15) is 11.9 Å². The van der Waals surface area contributed by atoms with E-state index in [1.807, 2.05) is 0 Å². The molecule has 82 valence electrons. The molecule has 1 aromatic rings. The molecule has 5 N–H and O–H groups in total. The highest BCUT2D eigenvalue weighted by molar-refractivity contribution is 6.01. The lowest BCUT2D eigenvalue weighted by Gasteiger charge is -2.25. The van der Waals surface area contributed by atoms with Crippen LogP contribution in [0.2, 0.25) is 0 Å². The lowest BCUT2D eigenvalue weighted by atomic mass is 9.86. The van der Waals surface area contributed by atoms with Crippen molar-refractivity contribution in [3.8, 4) is 5.75 Å². The zero-order valence-corrected chi connectivity index (χ0v) is 7.84. The fraction of sp³-hybridized carbons (Fsp3) is 0.300. The molecular formula is C10H12O5. The van der Waals surface area contributed by atoms with Crippen LogP contribution in [0.5, 0.6) is 5.75 Å². The molecule has 0 bridgehead atoms. The van der Waals surface area contributed by atoms with Gasteiger partial charge in [0.15, 0.2) is 5.78 Å². The molecule has 1 aliphatic carbocycles. The lowest BCUT2D eigenvalue weighted by molar-refractivity contribution is 0.00844. The van der Waals surface area contributed by atoms with E-state index in [2.05, 4.69) is 0 Å². The largest absolute Gasteiger partial charge is 0.507 e. The zero-order valence-electron chi connectivity index (χ0n) is 7.84. The van der Waals surface area contributed by atoms with Gasteiger partial charge >= 0.3 is 0 Å². The Hall–Kier alpha value is -1.43. The van der Waals surface area contributed by atoms with Crippen molar-refractivity contribution in [3.05, 3.63) is 29.3 Å². The Balaban J connectivity index is 0.00000112. The van der Waals surface area contributed by atoms with Crippen LogP contribution in [0.25, 0.3) is 0 Å². The molecule has 1 aromatic carbocycles. The molecule has 0 aromatic heterocycles. The van der Waals surface area contributed by atoms with Crippen LogP contribution in [0, 0.1) is 0 Å². The van der Waals surface area contributed by atoms with Gasteiger partial charge in [-0.15, -0.1) is 0 Å². The smallest absolute Gasteiger partial charge is 0.169 e. The maximum Gasteiger partial charge on any atom is 0.169 e. The first kappa shape index (κ1) is 11.6. The lowest BCUT2D eigenvalue weighted by Crippen LogP contribution is -2.29. The van der Waals surface area contributed by atoms with E-state index in [9.17, 15) is 20.1 Å². The van der Waals surface area contributed by atoms with Gasteiger partial charge < -0.3 is 20.8 Å². The van der Waals surface area contributed by atoms with Crippen LogP contribution in [0.3, 0.4) is 0 Å². The van der Waals surface area contributed by atoms with Crippen molar-refractivity contribution in [1.29, 1.82) is 0 Å². The summed E-state index contributed by atoms with van der Waals surface area (Å²) in [7, 11) is 0. The van der Waals surface area contributed by atoms with Gasteiger partial charge in [-0.2, -0.15) is 0 Å². The van der Waals surface area contributed by atoms with Crippen molar-refractivity contribution >= 4 is 5.78 Å². The molecule has 0 unspecified atom stereocenters. The Kier molecular flexibility index (Phi) is 3.09. The number of aliphatic hydroxyl groups is 2. The van der Waals surface area contributed by atoms with Crippen LogP contribution in [0.4, 0.5) is 0 Å². The molecule has 5 nitrogen and oxygen atoms in total. The first-order valence-corrected chi connectivity index (χ1v) is 4.32. The van der Waals surface area contributed by atoms with Crippen LogP contribution >= 0.6 is 0 Å². The van der Waals surface area contributed by atoms with Crippen molar-refractivity contribution in [2.45, 2.75) is 18.6 Å². The fourth-order valence-corrected chi connectivity index (χ4v) is 1.72. The number of rotatable bonds is 0. The van der Waals surface area contributed by atoms with Crippen molar-refractivity contribution in [3.63, 3.8) is 0 Å². The van der Waals surface area contributed by atoms with E-state index in [0.29, 0.717) is 5.56 Å². The number of hydrogen-bond acceptors (Lipinski definition) is 4. The Morgan fingerprint density at radius 2 is 1.93 bits per heavy atom. The summed E-state index contributed by atoms with van der Waals surface area (Å²) in [5, 5.41) is 28.3. The summed E-state index contributed by atoms with van der Waals surface area (Å²) in [6, 6.07) is 4.45. The molecule has 0 fully saturated rings. The summed E-state index contributed by atoms with van der Waals surface area (Å²) in [5.74, 6) is -0.477. The molecule has 0 radical (unpaired) electrons. The summed E-state index contributed by atoms with van der Waals surface area (Å²) < 4.78 is 0. The third-order valence-electron chi connectivity index (χ3n) is 2.43. The zero-order chi connectivity index (χ0) is 10.3. The number of phenolic OH excluding ortho intramolecular Hbond substituents is 1. The third-order valence-corrected chi connectivity index (χ3v) is 2.43. The van der Waals surface area contributed by atoms with E-state index in [1.165, 1.54) is 18.2 Å². The van der Waals surface area contributed by atoms with Crippen LogP contribution in [-0.2, 0) is 0 Å². The highest BCUT2D eigenvalue weighted by atomic mass is 16.3. The first-order chi connectivity index (χ1) is 6.61. The Morgan fingerprint density at radius 1 is 1.27 bits per heavy atom. The molecular weight excluding hydrogens is 200 g/mol. The van der Waals surface area contributed by atoms with Gasteiger partial charge in [0.25, 0.3) is 0 Å². The minimum absolute atomic E-state index is 0. The monoisotopic (exact) mass is 212 g/mol. The number of hydrogen-bond donors (Lipinski definition) is 3. The number of aromatic hydroxyl groups is 1. The van der Waals surface area contributed by atoms with Gasteiger partial charge in [-0.3, -0.25) is 4.79 Å². The second-order valence-corrected chi connectivity index (χ2v) is 3.38. The Bertz CT molecular complexity index is 387. The number of Topliss-reactive ketones (excluding diaryl/α,β-unsaturated/α-hetero) is 1. The van der Waals surface area contributed by atoms with E-state index in [0.717, 1.165) is 0 Å². The maximum atomic E-state index is 11.4.